The summed E-state index contributed by atoms with van der Waals surface area (Å²) in [4.78, 5) is 26.4. The second kappa shape index (κ2) is 8.89. The van der Waals surface area contributed by atoms with Crippen LogP contribution in [0.3, 0.4) is 0 Å². The van der Waals surface area contributed by atoms with Crippen LogP contribution in [-0.4, -0.2) is 47.1 Å². The van der Waals surface area contributed by atoms with E-state index in [1.165, 1.54) is 12.1 Å². The number of hydrogen-bond acceptors (Lipinski definition) is 4. The molecule has 1 saturated heterocycles. The molecule has 2 N–H and O–H groups in total. The molecule has 29 heavy (non-hydrogen) atoms. The van der Waals surface area contributed by atoms with Gasteiger partial charge in [-0.25, -0.2) is 8.78 Å². The Bertz CT molecular complexity index is 881. The topological polar surface area (TPSA) is 78.9 Å². The molecule has 2 aromatic carbocycles. The average molecular weight is 404 g/mol. The molecule has 0 bridgehead atoms. The number of aromatic hydroxyl groups is 1. The van der Waals surface area contributed by atoms with Crippen molar-refractivity contribution in [1.82, 2.24) is 10.2 Å². The summed E-state index contributed by atoms with van der Waals surface area (Å²) in [6.45, 7) is 2.51. The van der Waals surface area contributed by atoms with Crippen LogP contribution in [0.2, 0.25) is 0 Å². The summed E-state index contributed by atoms with van der Waals surface area (Å²) in [5.41, 5.74) is -0.208. The number of phenols is 1. The fourth-order valence-corrected chi connectivity index (χ4v) is 3.22. The number of rotatable bonds is 5. The van der Waals surface area contributed by atoms with Crippen molar-refractivity contribution in [2.45, 2.75) is 31.9 Å². The Labute approximate surface area is 167 Å². The molecule has 1 fully saturated rings. The molecule has 1 atom stereocenters. The SMILES string of the molecule is CC(Oc1ccc(O)cc1)C(=O)N1CCC(NC(=O)c2ccc(F)cc2F)CC1. The molecule has 0 spiro atoms. The first-order chi connectivity index (χ1) is 13.8. The number of nitrogens with zero attached hydrogens (tertiary/aromatic N) is 1. The maximum absolute atomic E-state index is 13.7. The summed E-state index contributed by atoms with van der Waals surface area (Å²) in [6, 6.07) is 8.73. The maximum Gasteiger partial charge on any atom is 0.263 e. The zero-order chi connectivity index (χ0) is 21.0. The molecule has 1 aliphatic heterocycles. The number of phenolic OH excluding ortho intramolecular Hbond substituents is 1. The summed E-state index contributed by atoms with van der Waals surface area (Å²) in [5.74, 6) is -1.83. The van der Waals surface area contributed by atoms with E-state index < -0.39 is 23.6 Å². The molecule has 0 saturated carbocycles. The number of halogens is 2. The van der Waals surface area contributed by atoms with E-state index in [1.54, 1.807) is 24.0 Å². The fraction of sp³-hybridized carbons (Fsp3) is 0.333. The van der Waals surface area contributed by atoms with E-state index in [4.69, 9.17) is 4.74 Å². The van der Waals surface area contributed by atoms with Gasteiger partial charge in [-0.1, -0.05) is 0 Å². The van der Waals surface area contributed by atoms with Gasteiger partial charge in [0.2, 0.25) is 0 Å². The van der Waals surface area contributed by atoms with Gasteiger partial charge in [0.1, 0.15) is 23.1 Å². The Morgan fingerprint density at radius 1 is 1.14 bits per heavy atom. The van der Waals surface area contributed by atoms with E-state index >= 15 is 0 Å². The Hall–Kier alpha value is -3.16. The molecule has 2 aromatic rings. The second-order valence-corrected chi connectivity index (χ2v) is 6.95. The highest BCUT2D eigenvalue weighted by Crippen LogP contribution is 2.19. The molecule has 0 aromatic heterocycles. The number of nitrogens with one attached hydrogen (secondary N) is 1. The Balaban J connectivity index is 1.49. The highest BCUT2D eigenvalue weighted by molar-refractivity contribution is 5.94. The van der Waals surface area contributed by atoms with Gasteiger partial charge < -0.3 is 20.1 Å². The molecule has 2 amide bonds. The van der Waals surface area contributed by atoms with Gasteiger partial charge in [-0.05, 0) is 56.2 Å². The quantitative estimate of drug-likeness (QED) is 0.803. The van der Waals surface area contributed by atoms with Gasteiger partial charge in [0.25, 0.3) is 11.8 Å². The van der Waals surface area contributed by atoms with Crippen molar-refractivity contribution in [1.29, 1.82) is 0 Å². The number of hydrogen-bond donors (Lipinski definition) is 2. The molecule has 8 heteroatoms. The molecule has 154 valence electrons. The van der Waals surface area contributed by atoms with Crippen molar-refractivity contribution in [2.75, 3.05) is 13.1 Å². The summed E-state index contributed by atoms with van der Waals surface area (Å²) in [5, 5.41) is 12.0. The third kappa shape index (κ3) is 5.22. The minimum absolute atomic E-state index is 0.112. The van der Waals surface area contributed by atoms with E-state index in [-0.39, 0.29) is 23.3 Å². The second-order valence-electron chi connectivity index (χ2n) is 6.95. The molecular formula is C21H22F2N2O4. The number of ether oxygens (including phenoxy) is 1. The Morgan fingerprint density at radius 2 is 1.79 bits per heavy atom. The number of piperidine rings is 1. The molecule has 1 heterocycles. The fourth-order valence-electron chi connectivity index (χ4n) is 3.22. The van der Waals surface area contributed by atoms with Crippen LogP contribution >= 0.6 is 0 Å². The normalized spacial score (nSPS) is 15.6. The van der Waals surface area contributed by atoms with Crippen LogP contribution in [0.4, 0.5) is 8.78 Å². The van der Waals surface area contributed by atoms with E-state index in [0.29, 0.717) is 37.7 Å². The lowest BCUT2D eigenvalue weighted by Crippen LogP contribution is -2.49. The third-order valence-corrected chi connectivity index (χ3v) is 4.81. The monoisotopic (exact) mass is 404 g/mol. The van der Waals surface area contributed by atoms with Crippen LogP contribution in [0, 0.1) is 11.6 Å². The average Bonchev–Trinajstić information content (AvgIpc) is 2.69. The molecule has 0 radical (unpaired) electrons. The molecule has 6 nitrogen and oxygen atoms in total. The van der Waals surface area contributed by atoms with Crippen molar-refractivity contribution >= 4 is 11.8 Å². The predicted molar refractivity (Wildman–Crippen MR) is 102 cm³/mol. The van der Waals surface area contributed by atoms with Crippen LogP contribution in [-0.2, 0) is 4.79 Å². The standard InChI is InChI=1S/C21H22F2N2O4/c1-13(29-17-5-3-16(26)4-6-17)21(28)25-10-8-15(9-11-25)24-20(27)18-7-2-14(22)12-19(18)23/h2-7,12-13,15,26H,8-11H2,1H3,(H,24,27). The highest BCUT2D eigenvalue weighted by atomic mass is 19.1. The van der Waals surface area contributed by atoms with E-state index in [9.17, 15) is 23.5 Å². The van der Waals surface area contributed by atoms with Gasteiger partial charge in [0.05, 0.1) is 5.56 Å². The first-order valence-corrected chi connectivity index (χ1v) is 9.34. The first-order valence-electron chi connectivity index (χ1n) is 9.34. The molecule has 1 unspecified atom stereocenters. The van der Waals surface area contributed by atoms with Crippen molar-refractivity contribution in [3.63, 3.8) is 0 Å². The minimum Gasteiger partial charge on any atom is -0.508 e. The van der Waals surface area contributed by atoms with Gasteiger partial charge in [-0.3, -0.25) is 9.59 Å². The largest absolute Gasteiger partial charge is 0.508 e. The molecule has 3 rings (SSSR count). The van der Waals surface area contributed by atoms with Gasteiger partial charge in [0, 0.05) is 25.2 Å². The van der Waals surface area contributed by atoms with Gasteiger partial charge in [-0.2, -0.15) is 0 Å². The Kier molecular flexibility index (Phi) is 6.31. The van der Waals surface area contributed by atoms with E-state index in [1.807, 2.05) is 0 Å². The predicted octanol–water partition coefficient (Wildman–Crippen LogP) is 2.86. The smallest absolute Gasteiger partial charge is 0.263 e. The molecule has 1 aliphatic rings. The highest BCUT2D eigenvalue weighted by Gasteiger charge is 2.28. The summed E-state index contributed by atoms with van der Waals surface area (Å²) in [6.07, 6.45) is 0.345. The van der Waals surface area contributed by atoms with Gasteiger partial charge in [-0.15, -0.1) is 0 Å². The first kappa shape index (κ1) is 20.6. The maximum atomic E-state index is 13.7. The van der Waals surface area contributed by atoms with Crippen LogP contribution in [0.1, 0.15) is 30.1 Å². The zero-order valence-electron chi connectivity index (χ0n) is 15.9. The van der Waals surface area contributed by atoms with Crippen LogP contribution in [0.25, 0.3) is 0 Å². The summed E-state index contributed by atoms with van der Waals surface area (Å²) < 4.78 is 32.3. The summed E-state index contributed by atoms with van der Waals surface area (Å²) >= 11 is 0. The van der Waals surface area contributed by atoms with Crippen molar-refractivity contribution in [2.24, 2.45) is 0 Å². The summed E-state index contributed by atoms with van der Waals surface area (Å²) in [7, 11) is 0. The zero-order valence-corrected chi connectivity index (χ0v) is 15.9. The van der Waals surface area contributed by atoms with Crippen molar-refractivity contribution in [3.8, 4) is 11.5 Å². The number of benzene rings is 2. The van der Waals surface area contributed by atoms with Crippen LogP contribution in [0.15, 0.2) is 42.5 Å². The Morgan fingerprint density at radius 3 is 2.41 bits per heavy atom. The number of amides is 2. The van der Waals surface area contributed by atoms with Crippen LogP contribution in [0.5, 0.6) is 11.5 Å². The lowest BCUT2D eigenvalue weighted by atomic mass is 10.0. The molecule has 0 aliphatic carbocycles. The lowest BCUT2D eigenvalue weighted by molar-refractivity contribution is -0.139. The van der Waals surface area contributed by atoms with Crippen LogP contribution < -0.4 is 10.1 Å². The van der Waals surface area contributed by atoms with Gasteiger partial charge in [0.15, 0.2) is 6.10 Å². The van der Waals surface area contributed by atoms with E-state index in [2.05, 4.69) is 5.32 Å². The number of carbonyl (C=O) groups excluding carboxylic acids is 2. The van der Waals surface area contributed by atoms with Crippen molar-refractivity contribution < 1.29 is 28.2 Å². The molecular weight excluding hydrogens is 382 g/mol. The lowest BCUT2D eigenvalue weighted by Gasteiger charge is -2.33. The van der Waals surface area contributed by atoms with E-state index in [0.717, 1.165) is 12.1 Å². The van der Waals surface area contributed by atoms with Gasteiger partial charge >= 0.3 is 0 Å². The van der Waals surface area contributed by atoms with Crippen molar-refractivity contribution in [3.05, 3.63) is 59.7 Å². The number of carbonyl (C=O) groups is 2. The minimum atomic E-state index is -0.907. The third-order valence-electron chi connectivity index (χ3n) is 4.81. The number of likely N-dealkylation sites (tertiary alicyclic amines) is 1.